The lowest BCUT2D eigenvalue weighted by Gasteiger charge is -2.17. The van der Waals surface area contributed by atoms with Gasteiger partial charge in [0.25, 0.3) is 0 Å². The lowest BCUT2D eigenvalue weighted by molar-refractivity contribution is -0.140. The molecule has 0 aliphatic rings. The molecule has 0 saturated heterocycles. The predicted molar refractivity (Wildman–Crippen MR) is 55.2 cm³/mol. The number of hydrogen-bond acceptors (Lipinski definition) is 2. The van der Waals surface area contributed by atoms with Crippen LogP contribution in [-0.2, 0) is 0 Å². The maximum absolute atomic E-state index is 12.0. The van der Waals surface area contributed by atoms with Crippen molar-refractivity contribution >= 4 is 0 Å². The molecule has 1 atom stereocenters. The summed E-state index contributed by atoms with van der Waals surface area (Å²) in [5, 5.41) is 0. The third-order valence-electron chi connectivity index (χ3n) is 2.37. The Balaban J connectivity index is 3.53. The molecule has 2 nitrogen and oxygen atoms in total. The normalized spacial score (nSPS) is 14.2. The second kappa shape index (κ2) is 7.93. The Labute approximate surface area is 89.4 Å². The highest BCUT2D eigenvalue weighted by Gasteiger charge is 2.30. The summed E-state index contributed by atoms with van der Waals surface area (Å²) in [6.07, 6.45) is 0.729. The molecule has 0 bridgehead atoms. The number of rotatable bonds is 8. The van der Waals surface area contributed by atoms with E-state index in [4.69, 9.17) is 5.84 Å². The maximum atomic E-state index is 12.0. The molecule has 0 spiro atoms. The van der Waals surface area contributed by atoms with Crippen molar-refractivity contribution in [2.24, 2.45) is 5.84 Å². The summed E-state index contributed by atoms with van der Waals surface area (Å²) in [7, 11) is 0. The highest BCUT2D eigenvalue weighted by atomic mass is 19.4. The van der Waals surface area contributed by atoms with Crippen molar-refractivity contribution in [3.63, 3.8) is 0 Å². The van der Waals surface area contributed by atoms with Crippen molar-refractivity contribution in [3.8, 4) is 0 Å². The summed E-state index contributed by atoms with van der Waals surface area (Å²) in [6.45, 7) is 2.11. The Morgan fingerprint density at radius 3 is 2.20 bits per heavy atom. The Bertz CT molecular complexity index is 148. The first kappa shape index (κ1) is 14.7. The number of unbranched alkanes of at least 4 members (excludes halogenated alkanes) is 4. The van der Waals surface area contributed by atoms with Gasteiger partial charge in [0, 0.05) is 6.04 Å². The standard InChI is InChI=1S/C10H21F3N2/c1-2-3-4-5-6-7-9(15-14)8-10(11,12)13/h9,15H,2-8,14H2,1H3. The van der Waals surface area contributed by atoms with Gasteiger partial charge < -0.3 is 0 Å². The van der Waals surface area contributed by atoms with E-state index in [9.17, 15) is 13.2 Å². The molecule has 0 saturated carbocycles. The third-order valence-corrected chi connectivity index (χ3v) is 2.37. The molecule has 0 radical (unpaired) electrons. The zero-order valence-electron chi connectivity index (χ0n) is 9.24. The molecule has 0 amide bonds. The first-order chi connectivity index (χ1) is 6.99. The van der Waals surface area contributed by atoms with E-state index in [0.717, 1.165) is 32.1 Å². The van der Waals surface area contributed by atoms with Crippen molar-refractivity contribution in [2.75, 3.05) is 0 Å². The zero-order chi connectivity index (χ0) is 11.7. The summed E-state index contributed by atoms with van der Waals surface area (Å²) in [6, 6.07) is -0.633. The maximum Gasteiger partial charge on any atom is 0.390 e. The van der Waals surface area contributed by atoms with Gasteiger partial charge in [-0.25, -0.2) is 0 Å². The smallest absolute Gasteiger partial charge is 0.271 e. The van der Waals surface area contributed by atoms with Crippen molar-refractivity contribution in [1.29, 1.82) is 0 Å². The van der Waals surface area contributed by atoms with Crippen LogP contribution in [0, 0.1) is 0 Å². The Morgan fingerprint density at radius 2 is 1.73 bits per heavy atom. The molecule has 3 N–H and O–H groups in total. The van der Waals surface area contributed by atoms with Crippen molar-refractivity contribution in [2.45, 2.75) is 64.1 Å². The fourth-order valence-electron chi connectivity index (χ4n) is 1.52. The van der Waals surface area contributed by atoms with E-state index in [2.05, 4.69) is 12.3 Å². The summed E-state index contributed by atoms with van der Waals surface area (Å²) < 4.78 is 36.1. The van der Waals surface area contributed by atoms with Crippen LogP contribution in [0.15, 0.2) is 0 Å². The van der Waals surface area contributed by atoms with Crippen LogP contribution in [0.3, 0.4) is 0 Å². The summed E-state index contributed by atoms with van der Waals surface area (Å²) >= 11 is 0. The van der Waals surface area contributed by atoms with E-state index in [0.29, 0.717) is 6.42 Å². The number of halogens is 3. The second-order valence-corrected chi connectivity index (χ2v) is 3.89. The summed E-state index contributed by atoms with van der Waals surface area (Å²) in [5.74, 6) is 5.07. The van der Waals surface area contributed by atoms with Gasteiger partial charge in [-0.2, -0.15) is 13.2 Å². The second-order valence-electron chi connectivity index (χ2n) is 3.89. The Hall–Kier alpha value is -0.290. The molecule has 0 fully saturated rings. The minimum Gasteiger partial charge on any atom is -0.271 e. The van der Waals surface area contributed by atoms with Crippen LogP contribution in [0.2, 0.25) is 0 Å². The van der Waals surface area contributed by atoms with Crippen LogP contribution in [0.1, 0.15) is 51.9 Å². The first-order valence-corrected chi connectivity index (χ1v) is 5.52. The van der Waals surface area contributed by atoms with Gasteiger partial charge in [-0.05, 0) is 6.42 Å². The molecule has 92 valence electrons. The van der Waals surface area contributed by atoms with Gasteiger partial charge in [0.15, 0.2) is 0 Å². The minimum atomic E-state index is -4.12. The van der Waals surface area contributed by atoms with Crippen LogP contribution in [0.25, 0.3) is 0 Å². The topological polar surface area (TPSA) is 38.0 Å². The number of alkyl halides is 3. The molecule has 0 aromatic carbocycles. The monoisotopic (exact) mass is 226 g/mol. The van der Waals surface area contributed by atoms with Gasteiger partial charge in [-0.3, -0.25) is 11.3 Å². The largest absolute Gasteiger partial charge is 0.390 e. The fraction of sp³-hybridized carbons (Fsp3) is 1.00. The first-order valence-electron chi connectivity index (χ1n) is 5.52. The van der Waals surface area contributed by atoms with E-state index in [1.807, 2.05) is 0 Å². The van der Waals surface area contributed by atoms with Crippen molar-refractivity contribution in [1.82, 2.24) is 5.43 Å². The van der Waals surface area contributed by atoms with E-state index in [1.54, 1.807) is 0 Å². The van der Waals surface area contributed by atoms with Gasteiger partial charge in [0.05, 0.1) is 6.42 Å². The van der Waals surface area contributed by atoms with Gasteiger partial charge in [-0.15, -0.1) is 0 Å². The lowest BCUT2D eigenvalue weighted by atomic mass is 10.0. The highest BCUT2D eigenvalue weighted by molar-refractivity contribution is 4.68. The van der Waals surface area contributed by atoms with Crippen LogP contribution >= 0.6 is 0 Å². The van der Waals surface area contributed by atoms with E-state index >= 15 is 0 Å². The van der Waals surface area contributed by atoms with E-state index in [1.165, 1.54) is 0 Å². The lowest BCUT2D eigenvalue weighted by Crippen LogP contribution is -2.38. The quantitative estimate of drug-likeness (QED) is 0.379. The minimum absolute atomic E-state index is 0.500. The van der Waals surface area contributed by atoms with Crippen LogP contribution in [0.4, 0.5) is 13.2 Å². The Morgan fingerprint density at radius 1 is 1.13 bits per heavy atom. The number of hydrogen-bond donors (Lipinski definition) is 2. The fourth-order valence-corrected chi connectivity index (χ4v) is 1.52. The number of nitrogens with one attached hydrogen (secondary N) is 1. The average Bonchev–Trinajstić information content (AvgIpc) is 2.14. The molecule has 0 aliphatic carbocycles. The van der Waals surface area contributed by atoms with Crippen molar-refractivity contribution in [3.05, 3.63) is 0 Å². The zero-order valence-corrected chi connectivity index (χ0v) is 9.24. The van der Waals surface area contributed by atoms with Gasteiger partial charge in [0.1, 0.15) is 0 Å². The van der Waals surface area contributed by atoms with E-state index in [-0.39, 0.29) is 0 Å². The van der Waals surface area contributed by atoms with Gasteiger partial charge in [0.2, 0.25) is 0 Å². The third kappa shape index (κ3) is 10.0. The van der Waals surface area contributed by atoms with Crippen LogP contribution in [0.5, 0.6) is 0 Å². The number of nitrogens with two attached hydrogens (primary N) is 1. The molecular formula is C10H21F3N2. The molecule has 0 heterocycles. The molecule has 0 rings (SSSR count). The van der Waals surface area contributed by atoms with Crippen LogP contribution < -0.4 is 11.3 Å². The van der Waals surface area contributed by atoms with Crippen LogP contribution in [-0.4, -0.2) is 12.2 Å². The summed E-state index contributed by atoms with van der Waals surface area (Å²) in [4.78, 5) is 0. The molecule has 15 heavy (non-hydrogen) atoms. The molecule has 1 unspecified atom stereocenters. The van der Waals surface area contributed by atoms with Crippen molar-refractivity contribution < 1.29 is 13.2 Å². The Kier molecular flexibility index (Phi) is 7.78. The summed E-state index contributed by atoms with van der Waals surface area (Å²) in [5.41, 5.74) is 2.23. The average molecular weight is 226 g/mol. The molecular weight excluding hydrogens is 205 g/mol. The molecule has 0 aromatic heterocycles. The molecule has 5 heteroatoms. The van der Waals surface area contributed by atoms with E-state index < -0.39 is 18.6 Å². The molecule has 0 aliphatic heterocycles. The van der Waals surface area contributed by atoms with Gasteiger partial charge >= 0.3 is 6.18 Å². The van der Waals surface area contributed by atoms with Gasteiger partial charge in [-0.1, -0.05) is 39.0 Å². The SMILES string of the molecule is CCCCCCCC(CC(F)(F)F)NN. The predicted octanol–water partition coefficient (Wildman–Crippen LogP) is 3.13. The number of hydrazine groups is 1. The molecule has 0 aromatic rings. The highest BCUT2D eigenvalue weighted by Crippen LogP contribution is 2.23.